The van der Waals surface area contributed by atoms with E-state index in [0.29, 0.717) is 11.4 Å². The number of methoxy groups -OCH3 is 1. The summed E-state index contributed by atoms with van der Waals surface area (Å²) in [4.78, 5) is 31.5. The molecule has 2 aromatic carbocycles. The van der Waals surface area contributed by atoms with E-state index < -0.39 is 17.1 Å². The van der Waals surface area contributed by atoms with Gasteiger partial charge in [0.15, 0.2) is 0 Å². The van der Waals surface area contributed by atoms with Crippen molar-refractivity contribution in [2.24, 2.45) is 4.99 Å². The molecule has 0 spiro atoms. The predicted molar refractivity (Wildman–Crippen MR) is 108 cm³/mol. The number of nitrogens with one attached hydrogen (secondary N) is 1. The van der Waals surface area contributed by atoms with Gasteiger partial charge >= 0.3 is 5.69 Å². The van der Waals surface area contributed by atoms with Crippen LogP contribution in [0, 0.1) is 0 Å². The van der Waals surface area contributed by atoms with Crippen LogP contribution in [0.1, 0.15) is 18.1 Å². The van der Waals surface area contributed by atoms with Gasteiger partial charge in [0.05, 0.1) is 18.5 Å². The molecule has 0 fully saturated rings. The van der Waals surface area contributed by atoms with E-state index in [4.69, 9.17) is 4.74 Å². The molecule has 0 bridgehead atoms. The van der Waals surface area contributed by atoms with Gasteiger partial charge in [-0.25, -0.2) is 9.36 Å². The Morgan fingerprint density at radius 3 is 2.54 bits per heavy atom. The van der Waals surface area contributed by atoms with Crippen molar-refractivity contribution >= 4 is 23.0 Å². The fourth-order valence-electron chi connectivity index (χ4n) is 3.20. The second-order valence-corrected chi connectivity index (χ2v) is 6.30. The van der Waals surface area contributed by atoms with E-state index in [1.807, 2.05) is 31.2 Å². The topological polar surface area (TPSA) is 96.7 Å². The normalized spacial score (nSPS) is 14.1. The molecule has 2 heterocycles. The first-order valence-electron chi connectivity index (χ1n) is 8.59. The Bertz CT molecular complexity index is 1250. The van der Waals surface area contributed by atoms with Gasteiger partial charge < -0.3 is 9.84 Å². The Morgan fingerprint density at radius 2 is 1.82 bits per heavy atom. The lowest BCUT2D eigenvalue weighted by atomic mass is 10.0. The Labute approximate surface area is 159 Å². The highest BCUT2D eigenvalue weighted by molar-refractivity contribution is 6.31. The minimum Gasteiger partial charge on any atom is -0.497 e. The fourth-order valence-corrected chi connectivity index (χ4v) is 3.20. The van der Waals surface area contributed by atoms with Crippen LogP contribution in [0.3, 0.4) is 0 Å². The molecule has 7 heteroatoms. The molecule has 0 radical (unpaired) electrons. The van der Waals surface area contributed by atoms with Crippen molar-refractivity contribution in [3.05, 3.63) is 80.5 Å². The summed E-state index contributed by atoms with van der Waals surface area (Å²) in [5.74, 6) is 0.168. The monoisotopic (exact) mass is 375 g/mol. The predicted octanol–water partition coefficient (Wildman–Crippen LogP) is 2.89. The lowest BCUT2D eigenvalue weighted by Gasteiger charge is -2.11. The highest BCUT2D eigenvalue weighted by atomic mass is 16.5. The second-order valence-electron chi connectivity index (χ2n) is 6.30. The van der Waals surface area contributed by atoms with E-state index in [1.54, 1.807) is 30.3 Å². The zero-order chi connectivity index (χ0) is 19.8. The summed E-state index contributed by atoms with van der Waals surface area (Å²) < 4.78 is 6.15. The van der Waals surface area contributed by atoms with Crippen molar-refractivity contribution in [2.45, 2.75) is 6.92 Å². The van der Waals surface area contributed by atoms with E-state index in [2.05, 4.69) is 9.98 Å². The third-order valence-electron chi connectivity index (χ3n) is 4.61. The average Bonchev–Trinajstić information content (AvgIpc) is 3.00. The van der Waals surface area contributed by atoms with Gasteiger partial charge in [0.2, 0.25) is 5.88 Å². The number of aromatic hydroxyl groups is 1. The van der Waals surface area contributed by atoms with Crippen LogP contribution in [0.2, 0.25) is 0 Å². The first-order chi connectivity index (χ1) is 13.5. The SMILES string of the molecule is COc1ccc(-n2c(O)c(/C=C3\C(C)=Nc4ccccc43)c(=O)[nH]c2=O)cc1. The lowest BCUT2D eigenvalue weighted by molar-refractivity contribution is 0.414. The number of hydrogen-bond donors (Lipinski definition) is 2. The fraction of sp³-hybridized carbons (Fsp3) is 0.0952. The molecular formula is C21H17N3O4. The number of nitrogens with zero attached hydrogens (tertiary/aromatic N) is 2. The average molecular weight is 375 g/mol. The van der Waals surface area contributed by atoms with Gasteiger partial charge in [-0.2, -0.15) is 0 Å². The molecule has 28 heavy (non-hydrogen) atoms. The number of ether oxygens (including phenoxy) is 1. The third kappa shape index (κ3) is 2.83. The van der Waals surface area contributed by atoms with Crippen LogP contribution in [-0.2, 0) is 0 Å². The van der Waals surface area contributed by atoms with E-state index in [-0.39, 0.29) is 5.56 Å². The number of fused-ring (bicyclic) bond motifs is 1. The summed E-state index contributed by atoms with van der Waals surface area (Å²) in [6.45, 7) is 1.83. The van der Waals surface area contributed by atoms with Gasteiger partial charge in [0.25, 0.3) is 5.56 Å². The molecule has 0 unspecified atom stereocenters. The number of H-pyrrole nitrogens is 1. The summed E-state index contributed by atoms with van der Waals surface area (Å²) in [7, 11) is 1.53. The number of hydrogen-bond acceptors (Lipinski definition) is 5. The van der Waals surface area contributed by atoms with Gasteiger partial charge in [0, 0.05) is 16.8 Å². The van der Waals surface area contributed by atoms with Crippen molar-refractivity contribution < 1.29 is 9.84 Å². The minimum absolute atomic E-state index is 0.0170. The van der Waals surface area contributed by atoms with Gasteiger partial charge in [-0.05, 0) is 43.3 Å². The molecule has 0 amide bonds. The molecule has 3 aromatic rings. The Morgan fingerprint density at radius 1 is 1.11 bits per heavy atom. The van der Waals surface area contributed by atoms with Crippen molar-refractivity contribution in [3.63, 3.8) is 0 Å². The maximum absolute atomic E-state index is 12.4. The van der Waals surface area contributed by atoms with Crippen LogP contribution < -0.4 is 16.0 Å². The first-order valence-corrected chi connectivity index (χ1v) is 8.59. The van der Waals surface area contributed by atoms with Gasteiger partial charge in [0.1, 0.15) is 11.3 Å². The molecule has 1 aliphatic rings. The number of rotatable bonds is 3. The van der Waals surface area contributed by atoms with E-state index in [1.165, 1.54) is 7.11 Å². The van der Waals surface area contributed by atoms with Gasteiger partial charge in [-0.1, -0.05) is 18.2 Å². The van der Waals surface area contributed by atoms with Crippen molar-refractivity contribution in [1.82, 2.24) is 9.55 Å². The largest absolute Gasteiger partial charge is 0.497 e. The van der Waals surface area contributed by atoms with E-state index >= 15 is 0 Å². The number of aromatic amines is 1. The molecule has 7 nitrogen and oxygen atoms in total. The van der Waals surface area contributed by atoms with Crippen molar-refractivity contribution in [2.75, 3.05) is 7.11 Å². The second kappa shape index (κ2) is 6.70. The quantitative estimate of drug-likeness (QED) is 0.736. The smallest absolute Gasteiger partial charge is 0.335 e. The van der Waals surface area contributed by atoms with E-state index in [0.717, 1.165) is 27.1 Å². The minimum atomic E-state index is -0.730. The van der Waals surface area contributed by atoms with E-state index in [9.17, 15) is 14.7 Å². The lowest BCUT2D eigenvalue weighted by Crippen LogP contribution is -2.30. The number of aliphatic imine (C=N–C) groups is 1. The molecule has 0 saturated carbocycles. The number of benzene rings is 2. The third-order valence-corrected chi connectivity index (χ3v) is 4.61. The Hall–Kier alpha value is -3.87. The van der Waals surface area contributed by atoms with Gasteiger partial charge in [-0.3, -0.25) is 14.8 Å². The molecule has 0 aliphatic carbocycles. The maximum atomic E-state index is 12.4. The molecule has 4 rings (SSSR count). The highest BCUT2D eigenvalue weighted by Crippen LogP contribution is 2.36. The molecule has 1 aliphatic heterocycles. The molecule has 2 N–H and O–H groups in total. The summed E-state index contributed by atoms with van der Waals surface area (Å²) in [6.07, 6.45) is 1.55. The Balaban J connectivity index is 1.91. The van der Waals surface area contributed by atoms with Crippen LogP contribution in [-0.4, -0.2) is 27.5 Å². The zero-order valence-corrected chi connectivity index (χ0v) is 15.3. The van der Waals surface area contributed by atoms with Crippen molar-refractivity contribution in [1.29, 1.82) is 0 Å². The standard InChI is InChI=1S/C21H17N3O4/c1-12-16(15-5-3-4-6-18(15)22-12)11-17-19(25)23-21(27)24(20(17)26)13-7-9-14(28-2)10-8-13/h3-11,26H,1-2H3,(H,23,25,27)/b16-11+. The van der Waals surface area contributed by atoms with Gasteiger partial charge in [-0.15, -0.1) is 0 Å². The number of aromatic nitrogens is 2. The molecule has 140 valence electrons. The molecular weight excluding hydrogens is 358 g/mol. The summed E-state index contributed by atoms with van der Waals surface area (Å²) in [5, 5.41) is 10.8. The summed E-state index contributed by atoms with van der Waals surface area (Å²) >= 11 is 0. The van der Waals surface area contributed by atoms with Crippen LogP contribution in [0.4, 0.5) is 5.69 Å². The summed E-state index contributed by atoms with van der Waals surface area (Å²) in [6, 6.07) is 14.1. The summed E-state index contributed by atoms with van der Waals surface area (Å²) in [5.41, 5.74) is 2.09. The van der Waals surface area contributed by atoms with Crippen molar-refractivity contribution in [3.8, 4) is 17.3 Å². The number of para-hydroxylation sites is 1. The van der Waals surface area contributed by atoms with Crippen LogP contribution in [0.5, 0.6) is 11.6 Å². The van der Waals surface area contributed by atoms with Crippen LogP contribution in [0.15, 0.2) is 63.1 Å². The number of allylic oxidation sites excluding steroid dienone is 1. The molecule has 0 atom stereocenters. The first kappa shape index (κ1) is 17.5. The maximum Gasteiger partial charge on any atom is 0.335 e. The van der Waals surface area contributed by atoms with Crippen LogP contribution >= 0.6 is 0 Å². The highest BCUT2D eigenvalue weighted by Gasteiger charge is 2.20. The van der Waals surface area contributed by atoms with Crippen LogP contribution in [0.25, 0.3) is 17.3 Å². The molecule has 1 aromatic heterocycles. The zero-order valence-electron chi connectivity index (χ0n) is 15.3. The molecule has 0 saturated heterocycles. The Kier molecular flexibility index (Phi) is 4.19.